The van der Waals surface area contributed by atoms with Gasteiger partial charge in [-0.05, 0) is 36.3 Å². The third kappa shape index (κ3) is 4.49. The van der Waals surface area contributed by atoms with Gasteiger partial charge in [-0.1, -0.05) is 49.2 Å². The van der Waals surface area contributed by atoms with Crippen molar-refractivity contribution in [3.63, 3.8) is 0 Å². The summed E-state index contributed by atoms with van der Waals surface area (Å²) in [6.07, 6.45) is 4.20. The van der Waals surface area contributed by atoms with Crippen molar-refractivity contribution in [2.24, 2.45) is 0 Å². The van der Waals surface area contributed by atoms with Crippen LogP contribution in [-0.2, 0) is 11.2 Å². The molecule has 0 bridgehead atoms. The summed E-state index contributed by atoms with van der Waals surface area (Å²) in [7, 11) is 0. The second-order valence-electron chi connectivity index (χ2n) is 6.88. The van der Waals surface area contributed by atoms with Gasteiger partial charge < -0.3 is 0 Å². The van der Waals surface area contributed by atoms with Crippen LogP contribution in [0, 0.1) is 0 Å². The summed E-state index contributed by atoms with van der Waals surface area (Å²) in [5.74, 6) is -0.351. The topological polar surface area (TPSA) is 61.4 Å². The number of hydrogen-bond donors (Lipinski definition) is 2. The third-order valence-corrected chi connectivity index (χ3v) is 5.20. The Hall–Kier alpha value is -1.95. The van der Waals surface area contributed by atoms with Crippen LogP contribution >= 0.6 is 11.6 Å². The van der Waals surface area contributed by atoms with E-state index in [-0.39, 0.29) is 18.2 Å². The Balaban J connectivity index is 1.64. The van der Waals surface area contributed by atoms with Gasteiger partial charge in [-0.25, -0.2) is 0 Å². The van der Waals surface area contributed by atoms with Crippen LogP contribution in [-0.4, -0.2) is 36.3 Å². The minimum Gasteiger partial charge on any atom is -0.278 e. The fraction of sp³-hybridized carbons (Fsp3) is 0.429. The molecule has 0 saturated carbocycles. The highest BCUT2D eigenvalue weighted by molar-refractivity contribution is 6.36. The van der Waals surface area contributed by atoms with E-state index in [0.717, 1.165) is 55.1 Å². The lowest BCUT2D eigenvalue weighted by atomic mass is 9.92. The molecule has 27 heavy (non-hydrogen) atoms. The number of benzene rings is 2. The second-order valence-corrected chi connectivity index (χ2v) is 7.29. The lowest BCUT2D eigenvalue weighted by Gasteiger charge is -2.28. The van der Waals surface area contributed by atoms with Gasteiger partial charge in [-0.15, -0.1) is 0 Å². The van der Waals surface area contributed by atoms with E-state index in [1.807, 2.05) is 24.3 Å². The van der Waals surface area contributed by atoms with Crippen LogP contribution in [0.25, 0.3) is 10.8 Å². The molecule has 0 radical (unpaired) electrons. The number of halogens is 1. The molecule has 3 rings (SSSR count). The van der Waals surface area contributed by atoms with Crippen molar-refractivity contribution >= 4 is 34.2 Å². The smallest absolute Gasteiger partial charge is 0.261 e. The molecule has 1 heterocycles. The maximum atomic E-state index is 13.0. The first kappa shape index (κ1) is 19.8. The summed E-state index contributed by atoms with van der Waals surface area (Å²) in [5.41, 5.74) is 7.69. The van der Waals surface area contributed by atoms with E-state index in [9.17, 15) is 9.59 Å². The first-order valence-electron chi connectivity index (χ1n) is 9.64. The van der Waals surface area contributed by atoms with Gasteiger partial charge >= 0.3 is 0 Å². The Labute approximate surface area is 165 Å². The summed E-state index contributed by atoms with van der Waals surface area (Å²) >= 11 is 6.34. The van der Waals surface area contributed by atoms with Crippen molar-refractivity contribution in [3.8, 4) is 0 Å². The summed E-state index contributed by atoms with van der Waals surface area (Å²) in [6.45, 7) is 4.37. The number of amides is 2. The molecule has 0 atom stereocenters. The zero-order valence-corrected chi connectivity index (χ0v) is 16.4. The summed E-state index contributed by atoms with van der Waals surface area (Å²) in [5, 5.41) is 2.26. The fourth-order valence-corrected chi connectivity index (χ4v) is 3.73. The highest BCUT2D eigenvalue weighted by Crippen LogP contribution is 2.33. The molecule has 2 N–H and O–H groups in total. The summed E-state index contributed by atoms with van der Waals surface area (Å²) in [4.78, 5) is 26.9. The Morgan fingerprint density at radius 1 is 1.04 bits per heavy atom. The van der Waals surface area contributed by atoms with E-state index in [1.165, 1.54) is 4.90 Å². The van der Waals surface area contributed by atoms with E-state index < -0.39 is 0 Å². The van der Waals surface area contributed by atoms with Crippen LogP contribution in [0.5, 0.6) is 0 Å². The highest BCUT2D eigenvalue weighted by atomic mass is 35.5. The van der Waals surface area contributed by atoms with Gasteiger partial charge in [0.25, 0.3) is 5.91 Å². The normalized spacial score (nSPS) is 14.1. The molecule has 144 valence electrons. The maximum Gasteiger partial charge on any atom is 0.261 e. The van der Waals surface area contributed by atoms with Crippen molar-refractivity contribution in [3.05, 3.63) is 46.5 Å². The number of nitrogens with one attached hydrogen (secondary N) is 2. The van der Waals surface area contributed by atoms with E-state index in [1.54, 1.807) is 6.07 Å². The van der Waals surface area contributed by atoms with Crippen molar-refractivity contribution in [1.29, 1.82) is 0 Å². The molecular weight excluding hydrogens is 362 g/mol. The van der Waals surface area contributed by atoms with E-state index >= 15 is 0 Å². The quantitative estimate of drug-likeness (QED) is 0.391. The molecule has 0 saturated heterocycles. The van der Waals surface area contributed by atoms with Gasteiger partial charge in [-0.3, -0.25) is 25.3 Å². The van der Waals surface area contributed by atoms with Crippen LogP contribution in [0.15, 0.2) is 30.3 Å². The molecular formula is C21H26ClN3O2. The number of imide groups is 1. The molecule has 1 aliphatic heterocycles. The Morgan fingerprint density at radius 2 is 1.74 bits per heavy atom. The lowest BCUT2D eigenvalue weighted by Crippen LogP contribution is -2.43. The van der Waals surface area contributed by atoms with Gasteiger partial charge in [0.15, 0.2) is 0 Å². The number of fused-ring (bicyclic) bond motifs is 3. The Bertz CT molecular complexity index is 838. The van der Waals surface area contributed by atoms with E-state index in [2.05, 4.69) is 17.8 Å². The number of rotatable bonds is 9. The Kier molecular flexibility index (Phi) is 6.83. The van der Waals surface area contributed by atoms with Crippen molar-refractivity contribution in [1.82, 2.24) is 15.8 Å². The molecule has 0 aliphatic carbocycles. The van der Waals surface area contributed by atoms with Crippen LogP contribution in [0.1, 0.15) is 48.5 Å². The predicted molar refractivity (Wildman–Crippen MR) is 109 cm³/mol. The van der Waals surface area contributed by atoms with Gasteiger partial charge in [-0.2, -0.15) is 0 Å². The number of carbonyl (C=O) groups excluding carboxylic acids is 2. The largest absolute Gasteiger partial charge is 0.278 e. The standard InChI is InChI=1S/C21H26ClN3O2/c1-2-3-10-23-24-11-6-7-12-25-19(26)14-15-13-18(22)16-8-4-5-9-17(16)20(15)21(25)27/h4-5,8-9,13,23-24H,2-3,6-7,10-12,14H2,1H3. The zero-order chi connectivity index (χ0) is 19.2. The van der Waals surface area contributed by atoms with Crippen molar-refractivity contribution < 1.29 is 9.59 Å². The fourth-order valence-electron chi connectivity index (χ4n) is 3.44. The van der Waals surface area contributed by atoms with E-state index in [0.29, 0.717) is 17.1 Å². The number of hydrogen-bond acceptors (Lipinski definition) is 4. The molecule has 0 spiro atoms. The molecule has 2 amide bonds. The molecule has 0 aromatic heterocycles. The molecule has 2 aromatic carbocycles. The van der Waals surface area contributed by atoms with Crippen LogP contribution in [0.3, 0.4) is 0 Å². The molecule has 0 unspecified atom stereocenters. The second kappa shape index (κ2) is 9.31. The number of hydrazine groups is 1. The van der Waals surface area contributed by atoms with Crippen LogP contribution < -0.4 is 10.9 Å². The predicted octanol–water partition coefficient (Wildman–Crippen LogP) is 3.69. The number of unbranched alkanes of at least 4 members (excludes halogenated alkanes) is 2. The average molecular weight is 388 g/mol. The Morgan fingerprint density at radius 3 is 2.48 bits per heavy atom. The molecule has 2 aromatic rings. The molecule has 6 heteroatoms. The zero-order valence-electron chi connectivity index (χ0n) is 15.7. The van der Waals surface area contributed by atoms with Gasteiger partial charge in [0.05, 0.1) is 12.0 Å². The van der Waals surface area contributed by atoms with Crippen LogP contribution in [0.4, 0.5) is 0 Å². The highest BCUT2D eigenvalue weighted by Gasteiger charge is 2.32. The molecule has 1 aliphatic rings. The summed E-state index contributed by atoms with van der Waals surface area (Å²) in [6, 6.07) is 9.36. The molecule has 5 nitrogen and oxygen atoms in total. The minimum absolute atomic E-state index is 0.145. The van der Waals surface area contributed by atoms with Gasteiger partial charge in [0, 0.05) is 30.0 Å². The van der Waals surface area contributed by atoms with Crippen molar-refractivity contribution in [2.75, 3.05) is 19.6 Å². The minimum atomic E-state index is -0.205. The monoisotopic (exact) mass is 387 g/mol. The maximum absolute atomic E-state index is 13.0. The van der Waals surface area contributed by atoms with Crippen LogP contribution in [0.2, 0.25) is 5.02 Å². The van der Waals surface area contributed by atoms with Gasteiger partial charge in [0.2, 0.25) is 5.91 Å². The molecule has 0 fully saturated rings. The first-order chi connectivity index (χ1) is 13.1. The average Bonchev–Trinajstić information content (AvgIpc) is 2.66. The SMILES string of the molecule is CCCCNNCCCCN1C(=O)Cc2cc(Cl)c3ccccc3c2C1=O. The first-order valence-corrected chi connectivity index (χ1v) is 10.0. The summed E-state index contributed by atoms with van der Waals surface area (Å²) < 4.78 is 0. The van der Waals surface area contributed by atoms with E-state index in [4.69, 9.17) is 11.6 Å². The number of nitrogens with zero attached hydrogens (tertiary/aromatic N) is 1. The number of carbonyl (C=O) groups is 2. The van der Waals surface area contributed by atoms with Gasteiger partial charge in [0.1, 0.15) is 0 Å². The third-order valence-electron chi connectivity index (χ3n) is 4.89. The lowest BCUT2D eigenvalue weighted by molar-refractivity contribution is -0.128. The van der Waals surface area contributed by atoms with Crippen molar-refractivity contribution in [2.45, 2.75) is 39.0 Å².